The minimum atomic E-state index is -0.578. The second-order valence-electron chi connectivity index (χ2n) is 5.36. The van der Waals surface area contributed by atoms with E-state index < -0.39 is 5.60 Å². The number of nitrogens with zero attached hydrogens (tertiary/aromatic N) is 1. The van der Waals surface area contributed by atoms with Crippen LogP contribution in [-0.4, -0.2) is 23.8 Å². The molecule has 0 radical (unpaired) electrons. The average molecular weight is 226 g/mol. The molecule has 0 unspecified atom stereocenters. The third-order valence-electron chi connectivity index (χ3n) is 3.29. The number of aliphatic hydroxyl groups is 1. The van der Waals surface area contributed by atoms with Gasteiger partial charge in [-0.1, -0.05) is 27.7 Å². The average Bonchev–Trinajstić information content (AvgIpc) is 2.26. The van der Waals surface area contributed by atoms with Crippen molar-refractivity contribution in [2.75, 3.05) is 13.1 Å². The quantitative estimate of drug-likeness (QED) is 0.668. The van der Waals surface area contributed by atoms with Crippen LogP contribution in [-0.2, 0) is 0 Å². The Morgan fingerprint density at radius 1 is 1.19 bits per heavy atom. The lowest BCUT2D eigenvalue weighted by Crippen LogP contribution is -2.42. The predicted octanol–water partition coefficient (Wildman–Crippen LogP) is 2.46. The fraction of sp³-hybridized carbons (Fsp3) is 0.923. The highest BCUT2D eigenvalue weighted by atomic mass is 16.3. The molecular formula is C13H26N2O. The van der Waals surface area contributed by atoms with Gasteiger partial charge < -0.3 is 10.4 Å². The largest absolute Gasteiger partial charge is 0.389 e. The van der Waals surface area contributed by atoms with Crippen LogP contribution in [0.5, 0.6) is 0 Å². The summed E-state index contributed by atoms with van der Waals surface area (Å²) < 4.78 is 0. The molecule has 0 amide bonds. The molecule has 0 atom stereocenters. The number of hydrogen-bond acceptors (Lipinski definition) is 3. The lowest BCUT2D eigenvalue weighted by atomic mass is 9.87. The second-order valence-corrected chi connectivity index (χ2v) is 5.36. The van der Waals surface area contributed by atoms with Gasteiger partial charge in [-0.15, -0.1) is 0 Å². The van der Waals surface area contributed by atoms with Crippen LogP contribution >= 0.6 is 0 Å². The summed E-state index contributed by atoms with van der Waals surface area (Å²) in [5.41, 5.74) is -0.455. The van der Waals surface area contributed by atoms with E-state index in [2.05, 4.69) is 25.2 Å². The Morgan fingerprint density at radius 2 is 1.75 bits per heavy atom. The molecule has 2 N–H and O–H groups in total. The Hall–Kier alpha value is -0.590. The van der Waals surface area contributed by atoms with Crippen LogP contribution in [0.15, 0.2) is 0 Å². The Labute approximate surface area is 99.9 Å². The first-order valence-electron chi connectivity index (χ1n) is 6.19. The molecular weight excluding hydrogens is 200 g/mol. The van der Waals surface area contributed by atoms with E-state index >= 15 is 0 Å². The molecule has 0 aliphatic rings. The van der Waals surface area contributed by atoms with E-state index in [-0.39, 0.29) is 5.41 Å². The SMILES string of the molecule is CCC(O)(CC)CNCC(C)(C)CCC#N. The maximum absolute atomic E-state index is 10.1. The van der Waals surface area contributed by atoms with E-state index in [0.717, 1.165) is 25.8 Å². The van der Waals surface area contributed by atoms with Gasteiger partial charge in [0.25, 0.3) is 0 Å². The Morgan fingerprint density at radius 3 is 2.19 bits per heavy atom. The molecule has 94 valence electrons. The van der Waals surface area contributed by atoms with Crippen LogP contribution < -0.4 is 5.32 Å². The second kappa shape index (κ2) is 6.88. The summed E-state index contributed by atoms with van der Waals surface area (Å²) in [5, 5.41) is 22.0. The highest BCUT2D eigenvalue weighted by molar-refractivity contribution is 4.82. The molecule has 0 aromatic carbocycles. The highest BCUT2D eigenvalue weighted by Crippen LogP contribution is 2.21. The molecule has 3 nitrogen and oxygen atoms in total. The number of rotatable bonds is 8. The molecule has 0 fully saturated rings. The summed E-state index contributed by atoms with van der Waals surface area (Å²) in [6, 6.07) is 2.18. The summed E-state index contributed by atoms with van der Waals surface area (Å²) in [5.74, 6) is 0. The number of nitrogens with one attached hydrogen (secondary N) is 1. The van der Waals surface area contributed by atoms with Gasteiger partial charge in [-0.25, -0.2) is 0 Å². The lowest BCUT2D eigenvalue weighted by molar-refractivity contribution is 0.0303. The van der Waals surface area contributed by atoms with Crippen molar-refractivity contribution < 1.29 is 5.11 Å². The normalized spacial score (nSPS) is 12.5. The van der Waals surface area contributed by atoms with Crippen LogP contribution in [0.4, 0.5) is 0 Å². The Bertz CT molecular complexity index is 227. The predicted molar refractivity (Wildman–Crippen MR) is 67.0 cm³/mol. The maximum Gasteiger partial charge on any atom is 0.0766 e. The number of nitriles is 1. The first-order chi connectivity index (χ1) is 7.39. The summed E-state index contributed by atoms with van der Waals surface area (Å²) in [7, 11) is 0. The zero-order chi connectivity index (χ0) is 12.7. The van der Waals surface area contributed by atoms with Crippen molar-refractivity contribution in [1.29, 1.82) is 5.26 Å². The summed E-state index contributed by atoms with van der Waals surface area (Å²) >= 11 is 0. The fourth-order valence-corrected chi connectivity index (χ4v) is 1.62. The summed E-state index contributed by atoms with van der Waals surface area (Å²) in [6.45, 7) is 9.79. The third kappa shape index (κ3) is 6.09. The van der Waals surface area contributed by atoms with E-state index in [9.17, 15) is 5.11 Å². The molecule has 0 aromatic rings. The molecule has 16 heavy (non-hydrogen) atoms. The zero-order valence-corrected chi connectivity index (χ0v) is 11.1. The summed E-state index contributed by atoms with van der Waals surface area (Å²) in [6.07, 6.45) is 3.04. The molecule has 3 heteroatoms. The van der Waals surface area contributed by atoms with E-state index in [1.807, 2.05) is 13.8 Å². The van der Waals surface area contributed by atoms with Gasteiger partial charge in [0.1, 0.15) is 0 Å². The van der Waals surface area contributed by atoms with E-state index in [1.54, 1.807) is 0 Å². The Kier molecular flexibility index (Phi) is 6.62. The molecule has 0 spiro atoms. The molecule has 0 aliphatic heterocycles. The molecule has 0 saturated carbocycles. The van der Waals surface area contributed by atoms with Crippen molar-refractivity contribution in [2.24, 2.45) is 5.41 Å². The standard InChI is InChI=1S/C13H26N2O/c1-5-13(16,6-2)11-15-10-12(3,4)8-7-9-14/h15-16H,5-8,10-11H2,1-4H3. The molecule has 0 aliphatic carbocycles. The molecule has 0 rings (SSSR count). The number of hydrogen-bond donors (Lipinski definition) is 2. The van der Waals surface area contributed by atoms with Gasteiger partial charge in [-0.05, 0) is 24.7 Å². The van der Waals surface area contributed by atoms with Crippen molar-refractivity contribution in [2.45, 2.75) is 59.0 Å². The van der Waals surface area contributed by atoms with Gasteiger partial charge in [-0.2, -0.15) is 5.26 Å². The Balaban J connectivity index is 3.92. The van der Waals surface area contributed by atoms with Crippen molar-refractivity contribution in [3.05, 3.63) is 0 Å². The van der Waals surface area contributed by atoms with Crippen LogP contribution in [0, 0.1) is 16.7 Å². The van der Waals surface area contributed by atoms with Gasteiger partial charge in [0.2, 0.25) is 0 Å². The van der Waals surface area contributed by atoms with Gasteiger partial charge >= 0.3 is 0 Å². The van der Waals surface area contributed by atoms with E-state index in [0.29, 0.717) is 13.0 Å². The molecule has 0 bridgehead atoms. The van der Waals surface area contributed by atoms with E-state index in [4.69, 9.17) is 5.26 Å². The first-order valence-corrected chi connectivity index (χ1v) is 6.19. The zero-order valence-electron chi connectivity index (χ0n) is 11.1. The highest BCUT2D eigenvalue weighted by Gasteiger charge is 2.23. The smallest absolute Gasteiger partial charge is 0.0766 e. The van der Waals surface area contributed by atoms with Gasteiger partial charge in [0.15, 0.2) is 0 Å². The van der Waals surface area contributed by atoms with E-state index in [1.165, 1.54) is 0 Å². The minimum absolute atomic E-state index is 0.123. The third-order valence-corrected chi connectivity index (χ3v) is 3.29. The molecule has 0 saturated heterocycles. The lowest BCUT2D eigenvalue weighted by Gasteiger charge is -2.29. The van der Waals surface area contributed by atoms with Crippen LogP contribution in [0.2, 0.25) is 0 Å². The minimum Gasteiger partial charge on any atom is -0.389 e. The monoisotopic (exact) mass is 226 g/mol. The fourth-order valence-electron chi connectivity index (χ4n) is 1.62. The maximum atomic E-state index is 10.1. The van der Waals surface area contributed by atoms with Crippen LogP contribution in [0.25, 0.3) is 0 Å². The van der Waals surface area contributed by atoms with Crippen LogP contribution in [0.3, 0.4) is 0 Å². The van der Waals surface area contributed by atoms with Gasteiger partial charge in [0, 0.05) is 19.5 Å². The van der Waals surface area contributed by atoms with Crippen LogP contribution in [0.1, 0.15) is 53.4 Å². The van der Waals surface area contributed by atoms with Crippen molar-refractivity contribution in [3.8, 4) is 6.07 Å². The van der Waals surface area contributed by atoms with Crippen molar-refractivity contribution >= 4 is 0 Å². The summed E-state index contributed by atoms with van der Waals surface area (Å²) in [4.78, 5) is 0. The topological polar surface area (TPSA) is 56.0 Å². The first kappa shape index (κ1) is 15.4. The van der Waals surface area contributed by atoms with Crippen molar-refractivity contribution in [1.82, 2.24) is 5.32 Å². The molecule has 0 aromatic heterocycles. The molecule has 0 heterocycles. The van der Waals surface area contributed by atoms with Crippen molar-refractivity contribution in [3.63, 3.8) is 0 Å². The van der Waals surface area contributed by atoms with Gasteiger partial charge in [-0.3, -0.25) is 0 Å². The van der Waals surface area contributed by atoms with Gasteiger partial charge in [0.05, 0.1) is 11.7 Å².